The second-order valence-electron chi connectivity index (χ2n) is 9.30. The molecule has 0 spiro atoms. The van der Waals surface area contributed by atoms with Gasteiger partial charge in [0.2, 0.25) is 11.8 Å². The predicted octanol–water partition coefficient (Wildman–Crippen LogP) is 4.71. The molecule has 1 unspecified atom stereocenters. The summed E-state index contributed by atoms with van der Waals surface area (Å²) in [6, 6.07) is 13.8. The number of rotatable bonds is 13. The normalized spacial score (nSPS) is 15.5. The number of carbonyl (C=O) groups is 2. The molecule has 8 heteroatoms. The van der Waals surface area contributed by atoms with Crippen LogP contribution in [0.25, 0.3) is 0 Å². The molecule has 1 saturated heterocycles. The van der Waals surface area contributed by atoms with Crippen LogP contribution in [0.1, 0.15) is 63.5 Å². The van der Waals surface area contributed by atoms with Gasteiger partial charge in [0, 0.05) is 24.7 Å². The Morgan fingerprint density at radius 3 is 2.08 bits per heavy atom. The number of benzene rings is 2. The minimum absolute atomic E-state index is 0.132. The molecule has 2 amide bonds. The van der Waals surface area contributed by atoms with Crippen molar-refractivity contribution in [2.75, 3.05) is 27.3 Å². The van der Waals surface area contributed by atoms with Crippen LogP contribution in [0.4, 0.5) is 0 Å². The van der Waals surface area contributed by atoms with Crippen LogP contribution < -0.4 is 25.8 Å². The molecule has 0 saturated carbocycles. The van der Waals surface area contributed by atoms with Crippen LogP contribution in [0.2, 0.25) is 0 Å². The highest BCUT2D eigenvalue weighted by Crippen LogP contribution is 2.32. The number of hydrogen-bond donors (Lipinski definition) is 3. The van der Waals surface area contributed by atoms with E-state index in [0.29, 0.717) is 19.5 Å². The van der Waals surface area contributed by atoms with Crippen LogP contribution in [0.5, 0.6) is 11.5 Å². The minimum atomic E-state index is -0.868. The number of methoxy groups -OCH3 is 2. The number of hydrogen-bond acceptors (Lipinski definition) is 6. The fourth-order valence-electron chi connectivity index (χ4n) is 4.91. The van der Waals surface area contributed by atoms with Gasteiger partial charge in [0.05, 0.1) is 20.3 Å². The Balaban J connectivity index is 0.00000274. The Bertz CT molecular complexity index is 1050. The Morgan fingerprint density at radius 1 is 1.05 bits per heavy atom. The van der Waals surface area contributed by atoms with Gasteiger partial charge >= 0.3 is 0 Å². The van der Waals surface area contributed by atoms with Crippen molar-refractivity contribution in [1.29, 1.82) is 0 Å². The molecular weight excluding hydrogens is 504 g/mol. The maximum absolute atomic E-state index is 13.8. The van der Waals surface area contributed by atoms with E-state index in [-0.39, 0.29) is 11.8 Å². The lowest BCUT2D eigenvalue weighted by molar-refractivity contribution is -0.139. The molecule has 1 heterocycles. The summed E-state index contributed by atoms with van der Waals surface area (Å²) in [7, 11) is 3.22. The number of ether oxygens (including phenoxy) is 2. The highest BCUT2D eigenvalue weighted by Gasteiger charge is 2.39. The number of nitrogens with two attached hydrogens (primary N) is 1. The molecule has 0 aliphatic carbocycles. The lowest BCUT2D eigenvalue weighted by Gasteiger charge is -2.31. The van der Waals surface area contributed by atoms with E-state index in [1.807, 2.05) is 75.4 Å². The molecule has 2 aromatic carbocycles. The summed E-state index contributed by atoms with van der Waals surface area (Å²) < 4.78 is 10.6. The molecule has 4 N–H and O–H groups in total. The summed E-state index contributed by atoms with van der Waals surface area (Å²) in [6.07, 6.45) is 6.60. The lowest BCUT2D eigenvalue weighted by atomic mass is 9.84. The highest BCUT2D eigenvalue weighted by atomic mass is 16.5. The van der Waals surface area contributed by atoms with Gasteiger partial charge in [-0.25, -0.2) is 0 Å². The van der Waals surface area contributed by atoms with Crippen LogP contribution in [0.15, 0.2) is 73.1 Å². The highest BCUT2D eigenvalue weighted by molar-refractivity contribution is 5.91. The standard InChI is InChI=1S/C30H40N4O4.C2H6/c1-5-23(32-6-2)9-7-19-33-29(35)26-10-8-20-34(26)30(36)28(31)27(21-11-15-24(37-3)16-12-21)22-13-17-25(38-4)18-14-22;1-2/h5-6,11-18,26-28,32H,2,7-10,19-20,31H2,1,3-4H3,(H,33,35);1-2H3/b23-5-;/t26?,28-;/m1./s1. The first kappa shape index (κ1) is 32.4. The van der Waals surface area contributed by atoms with Crippen molar-refractivity contribution < 1.29 is 19.1 Å². The first-order valence-corrected chi connectivity index (χ1v) is 14.1. The molecule has 218 valence electrons. The summed E-state index contributed by atoms with van der Waals surface area (Å²) in [5.74, 6) is 0.679. The molecule has 8 nitrogen and oxygen atoms in total. The molecule has 1 aliphatic rings. The number of likely N-dealkylation sites (tertiary alicyclic amines) is 1. The zero-order valence-corrected chi connectivity index (χ0v) is 24.6. The topological polar surface area (TPSA) is 106 Å². The Hall–Kier alpha value is -3.78. The SMILES string of the molecule is C=CN/C(=C\C)CCCNC(=O)C1CCCN1C(=O)[C@H](N)C(c1ccc(OC)cc1)c1ccc(OC)cc1.CC. The molecule has 0 bridgehead atoms. The number of allylic oxidation sites excluding steroid dienone is 2. The van der Waals surface area contributed by atoms with E-state index >= 15 is 0 Å². The van der Waals surface area contributed by atoms with Gasteiger partial charge in [0.25, 0.3) is 0 Å². The average molecular weight is 551 g/mol. The fourth-order valence-corrected chi connectivity index (χ4v) is 4.91. The van der Waals surface area contributed by atoms with Crippen LogP contribution in [0.3, 0.4) is 0 Å². The van der Waals surface area contributed by atoms with Gasteiger partial charge in [-0.1, -0.05) is 50.8 Å². The summed E-state index contributed by atoms with van der Waals surface area (Å²) in [4.78, 5) is 28.5. The Labute approximate surface area is 239 Å². The van der Waals surface area contributed by atoms with E-state index < -0.39 is 18.0 Å². The first-order valence-electron chi connectivity index (χ1n) is 14.1. The molecule has 40 heavy (non-hydrogen) atoms. The molecule has 1 fully saturated rings. The van der Waals surface area contributed by atoms with E-state index in [1.165, 1.54) is 0 Å². The van der Waals surface area contributed by atoms with Crippen molar-refractivity contribution in [3.8, 4) is 11.5 Å². The maximum atomic E-state index is 13.8. The second-order valence-corrected chi connectivity index (χ2v) is 9.30. The number of amides is 2. The van der Waals surface area contributed by atoms with Gasteiger partial charge in [0.15, 0.2) is 0 Å². The van der Waals surface area contributed by atoms with Crippen molar-refractivity contribution >= 4 is 11.8 Å². The Morgan fingerprint density at radius 2 is 1.60 bits per heavy atom. The summed E-state index contributed by atoms with van der Waals surface area (Å²) >= 11 is 0. The van der Waals surface area contributed by atoms with E-state index in [1.54, 1.807) is 25.3 Å². The third-order valence-electron chi connectivity index (χ3n) is 6.99. The molecule has 1 aliphatic heterocycles. The van der Waals surface area contributed by atoms with Crippen molar-refractivity contribution in [1.82, 2.24) is 15.5 Å². The monoisotopic (exact) mass is 550 g/mol. The van der Waals surface area contributed by atoms with Gasteiger partial charge in [-0.3, -0.25) is 9.59 Å². The number of nitrogens with zero attached hydrogens (tertiary/aromatic N) is 1. The first-order chi connectivity index (χ1) is 19.4. The largest absolute Gasteiger partial charge is 0.497 e. The number of carbonyl (C=O) groups excluding carboxylic acids is 2. The van der Waals surface area contributed by atoms with Crippen molar-refractivity contribution in [2.24, 2.45) is 5.73 Å². The smallest absolute Gasteiger partial charge is 0.242 e. The third-order valence-corrected chi connectivity index (χ3v) is 6.99. The third kappa shape index (κ3) is 8.61. The minimum Gasteiger partial charge on any atom is -0.497 e. The van der Waals surface area contributed by atoms with Gasteiger partial charge in [-0.2, -0.15) is 0 Å². The second kappa shape index (κ2) is 17.0. The summed E-state index contributed by atoms with van der Waals surface area (Å²) in [5, 5.41) is 6.10. The van der Waals surface area contributed by atoms with E-state index in [2.05, 4.69) is 17.2 Å². The molecule has 3 rings (SSSR count). The van der Waals surface area contributed by atoms with Crippen molar-refractivity contribution in [2.45, 2.75) is 64.5 Å². The van der Waals surface area contributed by atoms with Crippen molar-refractivity contribution in [3.63, 3.8) is 0 Å². The van der Waals surface area contributed by atoms with E-state index in [4.69, 9.17) is 15.2 Å². The van der Waals surface area contributed by atoms with Crippen LogP contribution in [-0.2, 0) is 9.59 Å². The molecular formula is C32H46N4O4. The molecule has 0 radical (unpaired) electrons. The zero-order chi connectivity index (χ0) is 29.5. The quantitative estimate of drug-likeness (QED) is 0.312. The van der Waals surface area contributed by atoms with Crippen LogP contribution in [0, 0.1) is 0 Å². The van der Waals surface area contributed by atoms with Crippen LogP contribution >= 0.6 is 0 Å². The fraction of sp³-hybridized carbons (Fsp3) is 0.438. The molecule has 0 aromatic heterocycles. The lowest BCUT2D eigenvalue weighted by Crippen LogP contribution is -2.53. The predicted molar refractivity (Wildman–Crippen MR) is 161 cm³/mol. The van der Waals surface area contributed by atoms with Gasteiger partial charge in [-0.05, 0) is 74.2 Å². The molecule has 2 aromatic rings. The molecule has 2 atom stereocenters. The summed E-state index contributed by atoms with van der Waals surface area (Å²) in [6.45, 7) is 10.7. The number of nitrogens with one attached hydrogen (secondary N) is 2. The van der Waals surface area contributed by atoms with Crippen molar-refractivity contribution in [3.05, 3.63) is 84.2 Å². The van der Waals surface area contributed by atoms with Gasteiger partial charge < -0.3 is 30.7 Å². The van der Waals surface area contributed by atoms with E-state index in [9.17, 15) is 9.59 Å². The van der Waals surface area contributed by atoms with E-state index in [0.717, 1.165) is 47.6 Å². The zero-order valence-electron chi connectivity index (χ0n) is 24.6. The average Bonchev–Trinajstić information content (AvgIpc) is 3.50. The van der Waals surface area contributed by atoms with Crippen LogP contribution in [-0.4, -0.2) is 56.1 Å². The maximum Gasteiger partial charge on any atom is 0.242 e. The summed E-state index contributed by atoms with van der Waals surface area (Å²) in [5.41, 5.74) is 9.54. The Kier molecular flexibility index (Phi) is 13.8. The van der Waals surface area contributed by atoms with Gasteiger partial charge in [0.1, 0.15) is 17.5 Å². The van der Waals surface area contributed by atoms with Gasteiger partial charge in [-0.15, -0.1) is 0 Å².